The first-order valence-electron chi connectivity index (χ1n) is 7.46. The largest absolute Gasteiger partial charge is 0.336 e. The van der Waals surface area contributed by atoms with Crippen LogP contribution < -0.4 is 10.6 Å². The minimum absolute atomic E-state index is 0.0394. The van der Waals surface area contributed by atoms with E-state index in [0.29, 0.717) is 11.0 Å². The van der Waals surface area contributed by atoms with E-state index >= 15 is 0 Å². The zero-order chi connectivity index (χ0) is 17.7. The molecule has 2 aromatic heterocycles. The number of hydrogen-bond acceptors (Lipinski definition) is 6. The molecule has 0 bridgehead atoms. The molecule has 8 nitrogen and oxygen atoms in total. The number of pyridine rings is 1. The lowest BCUT2D eigenvalue weighted by Crippen LogP contribution is -2.45. The molecule has 128 valence electrons. The summed E-state index contributed by atoms with van der Waals surface area (Å²) in [6.07, 6.45) is 3.36. The summed E-state index contributed by atoms with van der Waals surface area (Å²) in [7, 11) is 1.83. The molecule has 0 aliphatic heterocycles. The number of imide groups is 1. The molecular formula is C15H20N6O2S. The summed E-state index contributed by atoms with van der Waals surface area (Å²) in [5, 5.41) is 13.3. The molecule has 1 atom stereocenters. The van der Waals surface area contributed by atoms with Gasteiger partial charge >= 0.3 is 6.03 Å². The van der Waals surface area contributed by atoms with Crippen molar-refractivity contribution in [1.82, 2.24) is 30.4 Å². The van der Waals surface area contributed by atoms with Crippen LogP contribution in [-0.4, -0.2) is 43.0 Å². The number of amides is 3. The highest BCUT2D eigenvalue weighted by molar-refractivity contribution is 8.00. The molecule has 0 unspecified atom stereocenters. The fourth-order valence-electron chi connectivity index (χ4n) is 1.89. The lowest BCUT2D eigenvalue weighted by molar-refractivity contribution is -0.119. The van der Waals surface area contributed by atoms with Gasteiger partial charge in [0.25, 0.3) is 0 Å². The second-order valence-corrected chi connectivity index (χ2v) is 6.79. The molecule has 0 aliphatic rings. The van der Waals surface area contributed by atoms with Gasteiger partial charge in [0.15, 0.2) is 11.0 Å². The number of hydrogen-bond donors (Lipinski definition) is 2. The minimum Gasteiger partial charge on any atom is -0.336 e. The van der Waals surface area contributed by atoms with E-state index in [4.69, 9.17) is 0 Å². The van der Waals surface area contributed by atoms with Crippen LogP contribution in [0.5, 0.6) is 0 Å². The van der Waals surface area contributed by atoms with Crippen LogP contribution in [0.15, 0.2) is 29.7 Å². The molecule has 0 aliphatic carbocycles. The van der Waals surface area contributed by atoms with Crippen molar-refractivity contribution in [3.8, 4) is 11.4 Å². The van der Waals surface area contributed by atoms with Gasteiger partial charge in [-0.3, -0.25) is 15.1 Å². The average Bonchev–Trinajstić information content (AvgIpc) is 2.88. The van der Waals surface area contributed by atoms with E-state index in [1.807, 2.05) is 33.0 Å². The first-order valence-corrected chi connectivity index (χ1v) is 8.34. The molecule has 0 aromatic carbocycles. The van der Waals surface area contributed by atoms with Crippen LogP contribution in [0.3, 0.4) is 0 Å². The normalized spacial score (nSPS) is 12.0. The first kappa shape index (κ1) is 17.9. The minimum atomic E-state index is -0.502. The number of nitrogens with one attached hydrogen (secondary N) is 2. The van der Waals surface area contributed by atoms with Crippen molar-refractivity contribution in [2.75, 3.05) is 0 Å². The second-order valence-electron chi connectivity index (χ2n) is 5.48. The van der Waals surface area contributed by atoms with Crippen LogP contribution in [0.1, 0.15) is 20.8 Å². The Hall–Kier alpha value is -2.42. The maximum absolute atomic E-state index is 12.1. The molecule has 0 spiro atoms. The van der Waals surface area contributed by atoms with Crippen molar-refractivity contribution in [1.29, 1.82) is 0 Å². The number of carbonyl (C=O) groups is 2. The summed E-state index contributed by atoms with van der Waals surface area (Å²) in [6, 6.07) is 3.13. The highest BCUT2D eigenvalue weighted by atomic mass is 32.2. The number of urea groups is 1. The number of nitrogens with zero attached hydrogens (tertiary/aromatic N) is 4. The smallest absolute Gasteiger partial charge is 0.321 e. The molecule has 2 heterocycles. The van der Waals surface area contributed by atoms with Gasteiger partial charge in [-0.25, -0.2) is 4.79 Å². The third-order valence-electron chi connectivity index (χ3n) is 3.08. The summed E-state index contributed by atoms with van der Waals surface area (Å²) >= 11 is 1.24. The topological polar surface area (TPSA) is 102 Å². The van der Waals surface area contributed by atoms with Crippen LogP contribution in [0, 0.1) is 0 Å². The van der Waals surface area contributed by atoms with E-state index in [9.17, 15) is 9.59 Å². The Balaban J connectivity index is 2.02. The van der Waals surface area contributed by atoms with Crippen molar-refractivity contribution < 1.29 is 9.59 Å². The molecule has 0 saturated carbocycles. The monoisotopic (exact) mass is 348 g/mol. The molecular weight excluding hydrogens is 328 g/mol. The van der Waals surface area contributed by atoms with E-state index in [0.717, 1.165) is 5.56 Å². The van der Waals surface area contributed by atoms with Gasteiger partial charge < -0.3 is 9.88 Å². The zero-order valence-corrected chi connectivity index (χ0v) is 14.8. The van der Waals surface area contributed by atoms with Gasteiger partial charge in [-0.05, 0) is 32.9 Å². The Morgan fingerprint density at radius 2 is 1.83 bits per heavy atom. The maximum Gasteiger partial charge on any atom is 0.321 e. The Morgan fingerprint density at radius 1 is 1.17 bits per heavy atom. The Kier molecular flexibility index (Phi) is 5.91. The van der Waals surface area contributed by atoms with E-state index < -0.39 is 11.3 Å². The van der Waals surface area contributed by atoms with Crippen molar-refractivity contribution in [2.45, 2.75) is 37.2 Å². The number of rotatable bonds is 5. The van der Waals surface area contributed by atoms with E-state index in [1.54, 1.807) is 23.9 Å². The molecule has 0 radical (unpaired) electrons. The predicted octanol–water partition coefficient (Wildman–Crippen LogP) is 1.59. The maximum atomic E-state index is 12.1. The third-order valence-corrected chi connectivity index (χ3v) is 4.22. The molecule has 0 fully saturated rings. The average molecular weight is 348 g/mol. The SMILES string of the molecule is CC(C)NC(=O)NC(=O)[C@H](C)Sc1nnc(-c2ccncc2)n1C. The summed E-state index contributed by atoms with van der Waals surface area (Å²) < 4.78 is 1.80. The molecule has 24 heavy (non-hydrogen) atoms. The highest BCUT2D eigenvalue weighted by Crippen LogP contribution is 2.25. The van der Waals surface area contributed by atoms with Gasteiger partial charge in [-0.15, -0.1) is 10.2 Å². The number of thioether (sulfide) groups is 1. The van der Waals surface area contributed by atoms with Crippen molar-refractivity contribution in [3.05, 3.63) is 24.5 Å². The van der Waals surface area contributed by atoms with Gasteiger partial charge in [-0.2, -0.15) is 0 Å². The van der Waals surface area contributed by atoms with Crippen LogP contribution in [0.4, 0.5) is 4.79 Å². The Labute approximate surface area is 144 Å². The molecule has 0 saturated heterocycles. The van der Waals surface area contributed by atoms with Crippen LogP contribution in [-0.2, 0) is 11.8 Å². The summed E-state index contributed by atoms with van der Waals surface area (Å²) in [5.41, 5.74) is 0.889. The lowest BCUT2D eigenvalue weighted by Gasteiger charge is -2.13. The zero-order valence-electron chi connectivity index (χ0n) is 14.0. The van der Waals surface area contributed by atoms with Gasteiger partial charge in [0.05, 0.1) is 5.25 Å². The van der Waals surface area contributed by atoms with Crippen molar-refractivity contribution in [3.63, 3.8) is 0 Å². The van der Waals surface area contributed by atoms with Gasteiger partial charge in [0, 0.05) is 31.0 Å². The number of carbonyl (C=O) groups excluding carboxylic acids is 2. The van der Waals surface area contributed by atoms with Gasteiger partial charge in [-0.1, -0.05) is 11.8 Å². The summed E-state index contributed by atoms with van der Waals surface area (Å²) in [6.45, 7) is 5.36. The summed E-state index contributed by atoms with van der Waals surface area (Å²) in [4.78, 5) is 27.6. The second kappa shape index (κ2) is 7.91. The van der Waals surface area contributed by atoms with E-state index in [2.05, 4.69) is 25.8 Å². The molecule has 3 amide bonds. The van der Waals surface area contributed by atoms with Gasteiger partial charge in [0.2, 0.25) is 5.91 Å². The number of aromatic nitrogens is 4. The van der Waals surface area contributed by atoms with Crippen LogP contribution in [0.25, 0.3) is 11.4 Å². The van der Waals surface area contributed by atoms with Gasteiger partial charge in [0.1, 0.15) is 0 Å². The van der Waals surface area contributed by atoms with E-state index in [1.165, 1.54) is 11.8 Å². The van der Waals surface area contributed by atoms with Crippen molar-refractivity contribution in [2.24, 2.45) is 7.05 Å². The lowest BCUT2D eigenvalue weighted by atomic mass is 10.2. The van der Waals surface area contributed by atoms with Crippen LogP contribution in [0.2, 0.25) is 0 Å². The molecule has 2 rings (SSSR count). The fourth-order valence-corrected chi connectivity index (χ4v) is 2.71. The fraction of sp³-hybridized carbons (Fsp3) is 0.400. The summed E-state index contributed by atoms with van der Waals surface area (Å²) in [5.74, 6) is 0.302. The van der Waals surface area contributed by atoms with Crippen molar-refractivity contribution >= 4 is 23.7 Å². The third kappa shape index (κ3) is 4.54. The standard InChI is InChI=1S/C15H20N6O2S/c1-9(2)17-14(23)18-13(22)10(3)24-15-20-19-12(21(15)4)11-5-7-16-8-6-11/h5-10H,1-4H3,(H2,17,18,22,23)/t10-/m0/s1. The van der Waals surface area contributed by atoms with E-state index in [-0.39, 0.29) is 11.9 Å². The predicted molar refractivity (Wildman–Crippen MR) is 91.4 cm³/mol. The quantitative estimate of drug-likeness (QED) is 0.796. The molecule has 9 heteroatoms. The van der Waals surface area contributed by atoms with Crippen LogP contribution >= 0.6 is 11.8 Å². The highest BCUT2D eigenvalue weighted by Gasteiger charge is 2.21. The first-order chi connectivity index (χ1) is 11.4. The Bertz CT molecular complexity index is 716. The molecule has 2 N–H and O–H groups in total. The molecule has 2 aromatic rings. The Morgan fingerprint density at radius 3 is 2.46 bits per heavy atom.